The number of pyridine rings is 1. The largest absolute Gasteiger partial charge is 0.507 e. The summed E-state index contributed by atoms with van der Waals surface area (Å²) in [4.78, 5) is 10.1. The van der Waals surface area contributed by atoms with E-state index < -0.39 is 43.4 Å². The van der Waals surface area contributed by atoms with Crippen LogP contribution in [0.2, 0.25) is 0 Å². The minimum Gasteiger partial charge on any atom is -0.507 e. The van der Waals surface area contributed by atoms with E-state index in [1.807, 2.05) is 103 Å². The molecule has 0 aliphatic carbocycles. The van der Waals surface area contributed by atoms with E-state index in [-0.39, 0.29) is 34.1 Å². The highest BCUT2D eigenvalue weighted by Gasteiger charge is 2.25. The molecule has 6 aromatic carbocycles. The van der Waals surface area contributed by atoms with Gasteiger partial charge in [0.2, 0.25) is 0 Å². The lowest BCUT2D eigenvalue weighted by molar-refractivity contribution is 0.466. The minimum atomic E-state index is -2.84. The predicted octanol–water partition coefficient (Wildman–Crippen LogP) is 14.6. The molecule has 0 aliphatic heterocycles. The lowest BCUT2D eigenvalue weighted by Crippen LogP contribution is -2.11. The fourth-order valence-corrected chi connectivity index (χ4v) is 7.49. The van der Waals surface area contributed by atoms with Gasteiger partial charge in [-0.15, -0.1) is 0 Å². The fourth-order valence-electron chi connectivity index (χ4n) is 7.49. The second kappa shape index (κ2) is 15.2. The number of rotatable bonds is 8. The van der Waals surface area contributed by atoms with Crippen LogP contribution in [0.25, 0.3) is 72.7 Å². The third kappa shape index (κ3) is 7.36. The van der Waals surface area contributed by atoms with Crippen LogP contribution in [0.5, 0.6) is 5.75 Å². The number of aromatic nitrogens is 3. The number of imidazole rings is 1. The first-order valence-electron chi connectivity index (χ1n) is 24.7. The summed E-state index contributed by atoms with van der Waals surface area (Å²) < 4.78 is 86.9. The highest BCUT2D eigenvalue weighted by atomic mass is 16.3. The van der Waals surface area contributed by atoms with Crippen molar-refractivity contribution in [2.45, 2.75) is 79.4 Å². The van der Waals surface area contributed by atoms with Crippen molar-refractivity contribution in [2.24, 2.45) is 0 Å². The molecule has 0 fully saturated rings. The quantitative estimate of drug-likeness (QED) is 0.167. The van der Waals surface area contributed by atoms with Crippen LogP contribution in [0.1, 0.15) is 102 Å². The Kier molecular flexibility index (Phi) is 7.41. The average Bonchev–Trinajstić information content (AvgIpc) is 3.67. The number of para-hydroxylation sites is 1. The summed E-state index contributed by atoms with van der Waals surface area (Å²) in [6.07, 6.45) is 1.53. The lowest BCUT2D eigenvalue weighted by Gasteiger charge is -2.22. The van der Waals surface area contributed by atoms with Crippen LogP contribution in [0.4, 0.5) is 0 Å². The summed E-state index contributed by atoms with van der Waals surface area (Å²) in [5, 5.41) is 12.2. The standard InChI is InChI=1S/C54H53N3O/c1-33(2)41-30-46(34(3)4)52(58)47(31-41)53-56-51-45(16-13-17-50(51)57(53)49-23-22-39(26-36(49)6)37-14-11-10-12-15-37)42-27-43(29-44(28-42)54(7,8)9)48-32-40(24-25-55-48)38-20-18-35(5)19-21-38/h10-34,58H,1-9H3/i5D3,6D3,18D,19D,20D,21D. The van der Waals surface area contributed by atoms with Gasteiger partial charge in [-0.3, -0.25) is 9.55 Å². The van der Waals surface area contributed by atoms with E-state index in [9.17, 15) is 5.11 Å². The summed E-state index contributed by atoms with van der Waals surface area (Å²) in [5.41, 5.74) is 8.41. The van der Waals surface area contributed by atoms with Gasteiger partial charge in [-0.25, -0.2) is 4.98 Å². The van der Waals surface area contributed by atoms with Gasteiger partial charge >= 0.3 is 0 Å². The number of nitrogens with zero attached hydrogens (tertiary/aromatic N) is 3. The molecule has 290 valence electrons. The molecule has 0 saturated carbocycles. The molecule has 0 bridgehead atoms. The van der Waals surface area contributed by atoms with Crippen LogP contribution < -0.4 is 0 Å². The fraction of sp³-hybridized carbons (Fsp3) is 0.222. The van der Waals surface area contributed by atoms with Crippen molar-refractivity contribution < 1.29 is 18.8 Å². The van der Waals surface area contributed by atoms with Crippen molar-refractivity contribution in [2.75, 3.05) is 0 Å². The summed E-state index contributed by atoms with van der Waals surface area (Å²) >= 11 is 0. The van der Waals surface area contributed by atoms with Gasteiger partial charge in [0.15, 0.2) is 0 Å². The van der Waals surface area contributed by atoms with Gasteiger partial charge in [-0.1, -0.05) is 139 Å². The van der Waals surface area contributed by atoms with E-state index >= 15 is 0 Å². The summed E-state index contributed by atoms with van der Waals surface area (Å²) in [6.45, 7) is 9.12. The number of hydrogen-bond donors (Lipinski definition) is 1. The van der Waals surface area contributed by atoms with Crippen LogP contribution >= 0.6 is 0 Å². The molecule has 4 heteroatoms. The Balaban J connectivity index is 1.41. The third-order valence-corrected chi connectivity index (χ3v) is 10.8. The Bertz CT molecular complexity index is 3220. The SMILES string of the molecule is [2H]c1c([2H])c(C([2H])([2H])[2H])c([2H])c([2H])c1-c1ccnc(-c2cc(-c3cccc4c3nc(-c3cc(C(C)C)cc(C(C)C)c3O)n4-c3ccc(-c4ccccc4)cc3C([2H])([2H])[2H])cc(C(C)(C)C)c2)c1. The second-order valence-corrected chi connectivity index (χ2v) is 16.6. The maximum absolute atomic E-state index is 12.2. The van der Waals surface area contributed by atoms with E-state index in [1.54, 1.807) is 18.2 Å². The van der Waals surface area contributed by atoms with Crippen LogP contribution in [0.3, 0.4) is 0 Å². The normalized spacial score (nSPS) is 14.8. The zero-order valence-corrected chi connectivity index (χ0v) is 33.9. The van der Waals surface area contributed by atoms with Crippen LogP contribution in [-0.4, -0.2) is 19.6 Å². The van der Waals surface area contributed by atoms with Crippen molar-refractivity contribution in [1.82, 2.24) is 14.5 Å². The molecule has 8 rings (SSSR count). The van der Waals surface area contributed by atoms with Crippen molar-refractivity contribution in [3.05, 3.63) is 167 Å². The number of hydrogen-bond acceptors (Lipinski definition) is 3. The van der Waals surface area contributed by atoms with E-state index in [4.69, 9.17) is 23.7 Å². The Morgan fingerprint density at radius 3 is 2.12 bits per heavy atom. The summed E-state index contributed by atoms with van der Waals surface area (Å²) in [6, 6.07) is 32.0. The highest BCUT2D eigenvalue weighted by molar-refractivity contribution is 5.97. The number of benzene rings is 6. The molecule has 1 N–H and O–H groups in total. The van der Waals surface area contributed by atoms with Crippen LogP contribution in [0.15, 0.2) is 140 Å². The maximum Gasteiger partial charge on any atom is 0.149 e. The molecule has 0 radical (unpaired) electrons. The first kappa shape index (κ1) is 28.2. The first-order valence-corrected chi connectivity index (χ1v) is 19.7. The number of aromatic hydroxyl groups is 1. The van der Waals surface area contributed by atoms with Gasteiger partial charge in [0.05, 0.1) is 33.5 Å². The zero-order valence-electron chi connectivity index (χ0n) is 43.9. The molecule has 2 aromatic heterocycles. The predicted molar refractivity (Wildman–Crippen MR) is 244 cm³/mol. The minimum absolute atomic E-state index is 0.0355. The molecule has 0 atom stereocenters. The number of aryl methyl sites for hydroxylation is 1. The van der Waals surface area contributed by atoms with Crippen molar-refractivity contribution >= 4 is 11.0 Å². The molecule has 8 aromatic rings. The third-order valence-electron chi connectivity index (χ3n) is 10.8. The number of phenolic OH excluding ortho intramolecular Hbond substituents is 1. The first-order chi connectivity index (χ1) is 31.9. The van der Waals surface area contributed by atoms with Gasteiger partial charge in [-0.05, 0) is 130 Å². The molecule has 4 nitrogen and oxygen atoms in total. The summed E-state index contributed by atoms with van der Waals surface area (Å²) in [5.74, 6) is 0.507. The van der Waals surface area contributed by atoms with Gasteiger partial charge in [0, 0.05) is 25.5 Å². The van der Waals surface area contributed by atoms with Crippen molar-refractivity contribution in [3.63, 3.8) is 0 Å². The molecule has 2 heterocycles. The van der Waals surface area contributed by atoms with E-state index in [1.165, 1.54) is 6.20 Å². The van der Waals surface area contributed by atoms with E-state index in [0.717, 1.165) is 38.9 Å². The van der Waals surface area contributed by atoms with Gasteiger partial charge in [0.25, 0.3) is 0 Å². The van der Waals surface area contributed by atoms with Crippen LogP contribution in [0, 0.1) is 13.7 Å². The Hall–Kier alpha value is -6.26. The maximum atomic E-state index is 12.2. The molecule has 0 saturated heterocycles. The lowest BCUT2D eigenvalue weighted by atomic mass is 9.83. The zero-order chi connectivity index (χ0) is 49.4. The molecular formula is C54H53N3O. The number of phenols is 1. The smallest absolute Gasteiger partial charge is 0.149 e. The molecule has 0 aliphatic rings. The van der Waals surface area contributed by atoms with Gasteiger partial charge in [0.1, 0.15) is 11.6 Å². The number of fused-ring (bicyclic) bond motifs is 1. The average molecular weight is 770 g/mol. The van der Waals surface area contributed by atoms with Crippen LogP contribution in [-0.2, 0) is 5.41 Å². The molecular weight excluding hydrogens is 707 g/mol. The molecule has 0 spiro atoms. The Morgan fingerprint density at radius 1 is 0.655 bits per heavy atom. The Morgan fingerprint density at radius 2 is 1.41 bits per heavy atom. The highest BCUT2D eigenvalue weighted by Crippen LogP contribution is 2.44. The van der Waals surface area contributed by atoms with Gasteiger partial charge < -0.3 is 5.11 Å². The van der Waals surface area contributed by atoms with E-state index in [0.29, 0.717) is 44.9 Å². The topological polar surface area (TPSA) is 50.9 Å². The molecule has 0 unspecified atom stereocenters. The molecule has 0 amide bonds. The Labute approximate surface area is 358 Å². The van der Waals surface area contributed by atoms with Gasteiger partial charge in [-0.2, -0.15) is 0 Å². The second-order valence-electron chi connectivity index (χ2n) is 16.6. The van der Waals surface area contributed by atoms with E-state index in [2.05, 4.69) is 40.7 Å². The van der Waals surface area contributed by atoms with Crippen molar-refractivity contribution in [3.8, 4) is 67.5 Å². The molecule has 58 heavy (non-hydrogen) atoms. The monoisotopic (exact) mass is 769 g/mol. The van der Waals surface area contributed by atoms with Crippen molar-refractivity contribution in [1.29, 1.82) is 0 Å². The summed E-state index contributed by atoms with van der Waals surface area (Å²) in [7, 11) is 0.